The highest BCUT2D eigenvalue weighted by molar-refractivity contribution is 6.10. The Labute approximate surface area is 275 Å². The normalized spacial score (nSPS) is 18.0. The number of aliphatic carboxylic acids is 2. The lowest BCUT2D eigenvalue weighted by Crippen LogP contribution is -2.56. The van der Waals surface area contributed by atoms with Crippen LogP contribution in [0.2, 0.25) is 0 Å². The van der Waals surface area contributed by atoms with Crippen LogP contribution in [0.25, 0.3) is 0 Å². The van der Waals surface area contributed by atoms with E-state index in [1.807, 2.05) is 30.3 Å². The quantitative estimate of drug-likeness (QED) is 0.189. The number of hydrogen-bond acceptors (Lipinski definition) is 6. The summed E-state index contributed by atoms with van der Waals surface area (Å²) in [5.41, 5.74) is 0.0288. The van der Waals surface area contributed by atoms with Crippen molar-refractivity contribution in [1.29, 1.82) is 0 Å². The highest BCUT2D eigenvalue weighted by Crippen LogP contribution is 2.40. The molecule has 5 amide bonds. The summed E-state index contributed by atoms with van der Waals surface area (Å²) in [4.78, 5) is 82.0. The molecular weight excluding hydrogens is 604 g/mol. The molecule has 12 nitrogen and oxygen atoms in total. The second kappa shape index (κ2) is 14.7. The predicted octanol–water partition coefficient (Wildman–Crippen LogP) is 4.17. The Bertz CT molecular complexity index is 1630. The van der Waals surface area contributed by atoms with Crippen molar-refractivity contribution < 1.29 is 41.8 Å². The molecule has 3 aromatic carbocycles. The molecule has 4 atom stereocenters. The fourth-order valence-corrected chi connectivity index (χ4v) is 5.67. The Kier molecular flexibility index (Phi) is 10.8. The molecule has 1 unspecified atom stereocenters. The average molecular weight is 647 g/mol. The number of hydrogen-bond donors (Lipinski definition) is 4. The summed E-state index contributed by atoms with van der Waals surface area (Å²) in [6, 6.07) is 20.2. The van der Waals surface area contributed by atoms with Crippen molar-refractivity contribution in [2.75, 3.05) is 0 Å². The third-order valence-electron chi connectivity index (χ3n) is 8.12. The molecule has 12 heteroatoms. The van der Waals surface area contributed by atoms with Gasteiger partial charge in [-0.25, -0.2) is 14.5 Å². The number of nitrogens with one attached hydrogen (secondary N) is 2. The molecule has 47 heavy (non-hydrogen) atoms. The van der Waals surface area contributed by atoms with Gasteiger partial charge in [-0.15, -0.1) is 0 Å². The van der Waals surface area contributed by atoms with Crippen LogP contribution in [0.15, 0.2) is 91.0 Å². The first-order chi connectivity index (χ1) is 22.3. The summed E-state index contributed by atoms with van der Waals surface area (Å²) in [7, 11) is 0. The van der Waals surface area contributed by atoms with E-state index in [4.69, 9.17) is 0 Å². The van der Waals surface area contributed by atoms with Crippen LogP contribution >= 0.6 is 0 Å². The minimum Gasteiger partial charge on any atom is -0.481 e. The Morgan fingerprint density at radius 3 is 1.89 bits per heavy atom. The van der Waals surface area contributed by atoms with Gasteiger partial charge in [0.25, 0.3) is 5.91 Å². The zero-order valence-electron chi connectivity index (χ0n) is 26.3. The summed E-state index contributed by atoms with van der Waals surface area (Å²) in [5, 5.41) is 24.1. The van der Waals surface area contributed by atoms with Crippen molar-refractivity contribution in [3.05, 3.63) is 108 Å². The number of imide groups is 1. The second-order valence-electron chi connectivity index (χ2n) is 12.0. The molecule has 0 saturated carbocycles. The average Bonchev–Trinajstić information content (AvgIpc) is 3.23. The monoisotopic (exact) mass is 646 g/mol. The third kappa shape index (κ3) is 7.66. The first kappa shape index (κ1) is 34.4. The molecule has 3 aromatic rings. The molecular formula is C35H42N4O8. The van der Waals surface area contributed by atoms with E-state index in [0.29, 0.717) is 5.56 Å². The van der Waals surface area contributed by atoms with Crippen LogP contribution in [-0.4, -0.2) is 67.8 Å². The summed E-state index contributed by atoms with van der Waals surface area (Å²) < 4.78 is 0. The molecule has 1 aliphatic heterocycles. The van der Waals surface area contributed by atoms with Crippen LogP contribution in [0.1, 0.15) is 59.2 Å². The fourth-order valence-electron chi connectivity index (χ4n) is 5.67. The summed E-state index contributed by atoms with van der Waals surface area (Å²) in [6.45, 7) is 5.26. The highest BCUT2D eigenvalue weighted by Gasteiger charge is 2.58. The van der Waals surface area contributed by atoms with Crippen molar-refractivity contribution in [2.24, 2.45) is 5.92 Å². The number of nitrogens with zero attached hydrogens (tertiary/aromatic N) is 2. The third-order valence-corrected chi connectivity index (χ3v) is 8.12. The van der Waals surface area contributed by atoms with E-state index in [2.05, 4.69) is 10.6 Å². The van der Waals surface area contributed by atoms with Gasteiger partial charge in [0.15, 0.2) is 6.04 Å². The van der Waals surface area contributed by atoms with Crippen molar-refractivity contribution in [1.82, 2.24) is 20.4 Å². The number of carbonyl (C=O) groups is 6. The maximum atomic E-state index is 14.4. The Morgan fingerprint density at radius 1 is 0.809 bits per heavy atom. The van der Waals surface area contributed by atoms with Crippen LogP contribution in [-0.2, 0) is 36.1 Å². The molecule has 0 aliphatic carbocycles. The van der Waals surface area contributed by atoms with Gasteiger partial charge in [-0.1, -0.05) is 105 Å². The first-order valence-corrected chi connectivity index (χ1v) is 15.2. The number of urea groups is 1. The van der Waals surface area contributed by atoms with Crippen molar-refractivity contribution in [3.8, 4) is 0 Å². The maximum Gasteiger partial charge on any atom is 0.330 e. The Balaban J connectivity index is 0.00000417. The number of benzene rings is 3. The summed E-state index contributed by atoms with van der Waals surface area (Å²) >= 11 is 0. The number of carboxylic acids is 2. The minimum atomic E-state index is -1.71. The van der Waals surface area contributed by atoms with Gasteiger partial charge in [0.1, 0.15) is 17.6 Å². The maximum absolute atomic E-state index is 14.4. The zero-order chi connectivity index (χ0) is 34.3. The minimum absolute atomic E-state index is 0. The van der Waals surface area contributed by atoms with Crippen LogP contribution in [0.3, 0.4) is 0 Å². The summed E-state index contributed by atoms with van der Waals surface area (Å²) in [6.07, 6.45) is -0.868. The lowest BCUT2D eigenvalue weighted by molar-refractivity contribution is -0.145. The first-order valence-electron chi connectivity index (χ1n) is 15.2. The van der Waals surface area contributed by atoms with E-state index in [1.54, 1.807) is 69.3 Å². The summed E-state index contributed by atoms with van der Waals surface area (Å²) in [5.74, 6) is -5.67. The molecule has 0 radical (unpaired) electrons. The lowest BCUT2D eigenvalue weighted by atomic mass is 9.89. The molecule has 0 spiro atoms. The predicted molar refractivity (Wildman–Crippen MR) is 175 cm³/mol. The van der Waals surface area contributed by atoms with E-state index in [-0.39, 0.29) is 27.3 Å². The number of amides is 5. The van der Waals surface area contributed by atoms with Gasteiger partial charge in [0.2, 0.25) is 11.8 Å². The second-order valence-corrected chi connectivity index (χ2v) is 12.0. The fraction of sp³-hybridized carbons (Fsp3) is 0.314. The van der Waals surface area contributed by atoms with Gasteiger partial charge in [0, 0.05) is 9.40 Å². The van der Waals surface area contributed by atoms with E-state index in [1.165, 1.54) is 17.0 Å². The van der Waals surface area contributed by atoms with E-state index >= 15 is 0 Å². The van der Waals surface area contributed by atoms with Crippen LogP contribution in [0.5, 0.6) is 0 Å². The van der Waals surface area contributed by atoms with Gasteiger partial charge in [-0.3, -0.25) is 19.2 Å². The van der Waals surface area contributed by atoms with Gasteiger partial charge in [-0.05, 0) is 36.0 Å². The van der Waals surface area contributed by atoms with Crippen LogP contribution in [0.4, 0.5) is 4.79 Å². The molecule has 1 heterocycles. The molecule has 1 saturated heterocycles. The number of carboxylic acid groups (broad SMARTS) is 2. The topological polar surface area (TPSA) is 173 Å². The van der Waals surface area contributed by atoms with Crippen molar-refractivity contribution in [3.63, 3.8) is 0 Å². The number of rotatable bonds is 14. The molecule has 4 rings (SSSR count). The SMILES string of the molecule is CC(C)CC(C(=O)N[C@@H](CC(=O)O)C(=O)N[C@H](C(=O)O)c1ccccc1)N1C(=O)N(Cc2ccccc2)[C@@](C)(c2ccccc2)C1=O.[HH].[HH]. The van der Waals surface area contributed by atoms with Gasteiger partial charge < -0.3 is 25.7 Å². The van der Waals surface area contributed by atoms with Crippen LogP contribution in [0, 0.1) is 5.92 Å². The molecule has 0 bridgehead atoms. The molecule has 1 aliphatic rings. The smallest absolute Gasteiger partial charge is 0.330 e. The van der Waals surface area contributed by atoms with E-state index in [0.717, 1.165) is 10.5 Å². The molecule has 250 valence electrons. The van der Waals surface area contributed by atoms with Crippen LogP contribution < -0.4 is 10.6 Å². The Morgan fingerprint density at radius 2 is 1.36 bits per heavy atom. The van der Waals surface area contributed by atoms with E-state index in [9.17, 15) is 39.0 Å². The standard InChI is InChI=1S/C35H38N4O8.2H2/c1-22(2)19-27(31(43)36-26(20-28(40)41)30(42)37-29(32(44)45)24-15-9-5-10-16-24)39-33(46)35(3,25-17-11-6-12-18-25)38(34(39)47)21-23-13-7-4-8-14-23;;/h4-18,22,26-27,29H,19-21H2,1-3H3,(H,36,43)(H,37,42)(H,40,41)(H,44,45);2*1H/t26-,27?,29-,35-;;/m0../s1. The lowest BCUT2D eigenvalue weighted by Gasteiger charge is -2.32. The van der Waals surface area contributed by atoms with Crippen molar-refractivity contribution in [2.45, 2.75) is 63.8 Å². The van der Waals surface area contributed by atoms with Crippen molar-refractivity contribution >= 4 is 35.7 Å². The molecule has 0 aromatic heterocycles. The van der Waals surface area contributed by atoms with Gasteiger partial charge in [0.05, 0.1) is 6.42 Å². The zero-order valence-corrected chi connectivity index (χ0v) is 26.3. The molecule has 4 N–H and O–H groups in total. The molecule has 1 fully saturated rings. The van der Waals surface area contributed by atoms with Gasteiger partial charge >= 0.3 is 18.0 Å². The highest BCUT2D eigenvalue weighted by atomic mass is 16.4. The van der Waals surface area contributed by atoms with E-state index < -0.39 is 65.8 Å². The van der Waals surface area contributed by atoms with Gasteiger partial charge in [-0.2, -0.15) is 0 Å². The Hall–Kier alpha value is -5.52. The number of carbonyl (C=O) groups excluding carboxylic acids is 4. The largest absolute Gasteiger partial charge is 0.481 e.